The lowest BCUT2D eigenvalue weighted by Crippen LogP contribution is -2.12. The quantitative estimate of drug-likeness (QED) is 0.176. The molecule has 9 aromatic carbocycles. The molecule has 0 fully saturated rings. The van der Waals surface area contributed by atoms with Gasteiger partial charge in [-0.3, -0.25) is 0 Å². The summed E-state index contributed by atoms with van der Waals surface area (Å²) in [4.78, 5) is 2.43. The van der Waals surface area contributed by atoms with Crippen molar-refractivity contribution in [2.45, 2.75) is 0 Å². The molecule has 52 heavy (non-hydrogen) atoms. The van der Waals surface area contributed by atoms with Gasteiger partial charge in [0.15, 0.2) is 0 Å². The Hall–Kier alpha value is -6.90. The molecule has 0 N–H and O–H groups in total. The third-order valence-electron chi connectivity index (χ3n) is 10.3. The van der Waals surface area contributed by atoms with Crippen molar-refractivity contribution in [3.63, 3.8) is 0 Å². The maximum Gasteiger partial charge on any atom is 0.137 e. The molecule has 1 aromatic heterocycles. The Morgan fingerprint density at radius 1 is 0.346 bits per heavy atom. The highest BCUT2D eigenvalue weighted by Crippen LogP contribution is 2.50. The maximum atomic E-state index is 6.47. The number of anilines is 3. The highest BCUT2D eigenvalue weighted by molar-refractivity contribution is 6.15. The van der Waals surface area contributed by atoms with Crippen LogP contribution in [0.15, 0.2) is 205 Å². The van der Waals surface area contributed by atoms with E-state index in [1.807, 2.05) is 6.07 Å². The molecular formula is C50H33NO. The SMILES string of the molecule is c1ccc(-c2ccc(N(c3cccc(-c4ccc5ccccc5c4)c3-c3cccc4ccccc34)c3cccc4oc5ccccc5c34)cc2)cc1. The first-order valence-electron chi connectivity index (χ1n) is 17.8. The van der Waals surface area contributed by atoms with E-state index in [0.29, 0.717) is 0 Å². The Bertz CT molecular complexity index is 2900. The molecule has 10 rings (SSSR count). The van der Waals surface area contributed by atoms with Crippen LogP contribution in [0.5, 0.6) is 0 Å². The summed E-state index contributed by atoms with van der Waals surface area (Å²) in [6.45, 7) is 0. The van der Waals surface area contributed by atoms with Gasteiger partial charge in [0.2, 0.25) is 0 Å². The summed E-state index contributed by atoms with van der Waals surface area (Å²) in [5.41, 5.74) is 12.0. The van der Waals surface area contributed by atoms with Crippen LogP contribution in [0.3, 0.4) is 0 Å². The zero-order valence-corrected chi connectivity index (χ0v) is 28.4. The Labute approximate surface area is 302 Å². The molecule has 0 saturated carbocycles. The van der Waals surface area contributed by atoms with Gasteiger partial charge in [-0.15, -0.1) is 0 Å². The fraction of sp³-hybridized carbons (Fsp3) is 0. The average molecular weight is 664 g/mol. The first kappa shape index (κ1) is 30.0. The minimum Gasteiger partial charge on any atom is -0.456 e. The number of nitrogens with zero attached hydrogens (tertiary/aromatic N) is 1. The van der Waals surface area contributed by atoms with Crippen molar-refractivity contribution >= 4 is 60.5 Å². The molecule has 2 nitrogen and oxygen atoms in total. The summed E-state index contributed by atoms with van der Waals surface area (Å²) < 4.78 is 6.47. The van der Waals surface area contributed by atoms with E-state index in [4.69, 9.17) is 4.42 Å². The molecule has 0 amide bonds. The van der Waals surface area contributed by atoms with Crippen LogP contribution in [0, 0.1) is 0 Å². The molecule has 0 saturated heterocycles. The predicted octanol–water partition coefficient (Wildman–Crippen LogP) is 14.4. The number of rotatable bonds is 6. The molecule has 1 heterocycles. The number of fused-ring (bicyclic) bond motifs is 5. The molecule has 0 aliphatic rings. The molecule has 0 atom stereocenters. The summed E-state index contributed by atoms with van der Waals surface area (Å²) in [5.74, 6) is 0. The van der Waals surface area contributed by atoms with Crippen molar-refractivity contribution in [2.75, 3.05) is 4.90 Å². The topological polar surface area (TPSA) is 16.4 Å². The van der Waals surface area contributed by atoms with Gasteiger partial charge in [0.1, 0.15) is 11.2 Å². The zero-order valence-electron chi connectivity index (χ0n) is 28.4. The van der Waals surface area contributed by atoms with Gasteiger partial charge in [-0.1, -0.05) is 158 Å². The number of hydrogen-bond donors (Lipinski definition) is 0. The van der Waals surface area contributed by atoms with E-state index in [1.165, 1.54) is 54.9 Å². The summed E-state index contributed by atoms with van der Waals surface area (Å²) in [6, 6.07) is 71.8. The fourth-order valence-electron chi connectivity index (χ4n) is 7.83. The third kappa shape index (κ3) is 5.04. The Kier molecular flexibility index (Phi) is 7.18. The highest BCUT2D eigenvalue weighted by atomic mass is 16.3. The molecule has 0 unspecified atom stereocenters. The molecule has 0 radical (unpaired) electrons. The summed E-state index contributed by atoms with van der Waals surface area (Å²) in [5, 5.41) is 7.05. The largest absolute Gasteiger partial charge is 0.456 e. The van der Waals surface area contributed by atoms with Gasteiger partial charge in [-0.05, 0) is 91.8 Å². The first-order chi connectivity index (χ1) is 25.8. The Balaban J connectivity index is 1.30. The van der Waals surface area contributed by atoms with Crippen molar-refractivity contribution in [3.8, 4) is 33.4 Å². The van der Waals surface area contributed by atoms with Gasteiger partial charge in [-0.2, -0.15) is 0 Å². The van der Waals surface area contributed by atoms with Crippen molar-refractivity contribution in [2.24, 2.45) is 0 Å². The van der Waals surface area contributed by atoms with Crippen LogP contribution in [0.2, 0.25) is 0 Å². The third-order valence-corrected chi connectivity index (χ3v) is 10.3. The van der Waals surface area contributed by atoms with E-state index < -0.39 is 0 Å². The van der Waals surface area contributed by atoms with Crippen LogP contribution in [0.4, 0.5) is 17.1 Å². The number of furan rings is 1. The molecule has 0 spiro atoms. The summed E-state index contributed by atoms with van der Waals surface area (Å²) in [6.07, 6.45) is 0. The van der Waals surface area contributed by atoms with Crippen LogP contribution >= 0.6 is 0 Å². The van der Waals surface area contributed by atoms with Gasteiger partial charge in [0.25, 0.3) is 0 Å². The lowest BCUT2D eigenvalue weighted by atomic mass is 9.88. The van der Waals surface area contributed by atoms with Crippen molar-refractivity contribution in [1.82, 2.24) is 0 Å². The molecule has 244 valence electrons. The van der Waals surface area contributed by atoms with Crippen LogP contribution in [0.25, 0.3) is 76.9 Å². The Morgan fingerprint density at radius 2 is 0.942 bits per heavy atom. The van der Waals surface area contributed by atoms with E-state index in [0.717, 1.165) is 39.0 Å². The lowest BCUT2D eigenvalue weighted by Gasteiger charge is -2.30. The monoisotopic (exact) mass is 663 g/mol. The van der Waals surface area contributed by atoms with Gasteiger partial charge < -0.3 is 9.32 Å². The normalized spacial score (nSPS) is 11.5. The minimum absolute atomic E-state index is 0.863. The maximum absolute atomic E-state index is 6.47. The molecule has 2 heteroatoms. The predicted molar refractivity (Wildman–Crippen MR) is 220 cm³/mol. The lowest BCUT2D eigenvalue weighted by molar-refractivity contribution is 0.669. The van der Waals surface area contributed by atoms with Crippen LogP contribution in [-0.2, 0) is 0 Å². The van der Waals surface area contributed by atoms with Crippen molar-refractivity contribution in [3.05, 3.63) is 200 Å². The Morgan fingerprint density at radius 3 is 1.81 bits per heavy atom. The standard InChI is InChI=1S/C50H33NO/c1-2-13-34(14-3-1)36-29-31-40(32-30-36)51(46-24-12-26-48-50(46)44-20-8-9-25-47(44)52-48)45-23-11-21-42(39-28-27-35-15-4-5-17-38(35)33-39)49(45)43-22-10-18-37-16-6-7-19-41(37)43/h1-33H. The van der Waals surface area contributed by atoms with Crippen LogP contribution in [0.1, 0.15) is 0 Å². The van der Waals surface area contributed by atoms with Crippen LogP contribution in [-0.4, -0.2) is 0 Å². The second-order valence-electron chi connectivity index (χ2n) is 13.3. The first-order valence-corrected chi connectivity index (χ1v) is 17.8. The molecule has 0 aliphatic heterocycles. The smallest absolute Gasteiger partial charge is 0.137 e. The van der Waals surface area contributed by atoms with Crippen molar-refractivity contribution in [1.29, 1.82) is 0 Å². The summed E-state index contributed by atoms with van der Waals surface area (Å²) >= 11 is 0. The van der Waals surface area contributed by atoms with E-state index >= 15 is 0 Å². The van der Waals surface area contributed by atoms with Gasteiger partial charge in [0, 0.05) is 16.6 Å². The van der Waals surface area contributed by atoms with Gasteiger partial charge in [-0.25, -0.2) is 0 Å². The molecule has 10 aromatic rings. The van der Waals surface area contributed by atoms with Crippen LogP contribution < -0.4 is 4.90 Å². The minimum atomic E-state index is 0.863. The average Bonchev–Trinajstić information content (AvgIpc) is 3.61. The molecule has 0 bridgehead atoms. The zero-order chi connectivity index (χ0) is 34.4. The van der Waals surface area contributed by atoms with Gasteiger partial charge >= 0.3 is 0 Å². The molecular weight excluding hydrogens is 631 g/mol. The van der Waals surface area contributed by atoms with E-state index in [-0.39, 0.29) is 0 Å². The van der Waals surface area contributed by atoms with E-state index in [9.17, 15) is 0 Å². The van der Waals surface area contributed by atoms with E-state index in [2.05, 4.69) is 199 Å². The number of hydrogen-bond acceptors (Lipinski definition) is 2. The van der Waals surface area contributed by atoms with Gasteiger partial charge in [0.05, 0.1) is 16.8 Å². The molecule has 0 aliphatic carbocycles. The second-order valence-corrected chi connectivity index (χ2v) is 13.3. The van der Waals surface area contributed by atoms with E-state index in [1.54, 1.807) is 0 Å². The fourth-order valence-corrected chi connectivity index (χ4v) is 7.83. The number of para-hydroxylation sites is 1. The number of benzene rings is 9. The second kappa shape index (κ2) is 12.5. The van der Waals surface area contributed by atoms with Crippen molar-refractivity contribution < 1.29 is 4.42 Å². The highest BCUT2D eigenvalue weighted by Gasteiger charge is 2.25. The summed E-state index contributed by atoms with van der Waals surface area (Å²) in [7, 11) is 0.